The second-order valence-corrected chi connectivity index (χ2v) is 8.56. The fraction of sp³-hybridized carbons (Fsp3) is 0.350. The first-order valence-corrected chi connectivity index (χ1v) is 10.3. The summed E-state index contributed by atoms with van der Waals surface area (Å²) in [7, 11) is 0. The Bertz CT molecular complexity index is 953. The van der Waals surface area contributed by atoms with Gasteiger partial charge in [-0.3, -0.25) is 9.78 Å². The summed E-state index contributed by atoms with van der Waals surface area (Å²) in [6, 6.07) is 7.91. The maximum atomic E-state index is 14.9. The molecule has 1 saturated heterocycles. The molecule has 0 aliphatic carbocycles. The van der Waals surface area contributed by atoms with E-state index in [0.717, 1.165) is 0 Å². The molecular formula is C20H19ClFN3O2S. The van der Waals surface area contributed by atoms with Gasteiger partial charge < -0.3 is 10.5 Å². The zero-order valence-corrected chi connectivity index (χ0v) is 16.8. The molecule has 0 bridgehead atoms. The third kappa shape index (κ3) is 3.43. The lowest BCUT2D eigenvalue weighted by Gasteiger charge is -2.35. The van der Waals surface area contributed by atoms with Gasteiger partial charge in [0.05, 0.1) is 17.7 Å². The number of thioether (sulfide) groups is 1. The lowest BCUT2D eigenvalue weighted by atomic mass is 9.78. The van der Waals surface area contributed by atoms with E-state index >= 15 is 0 Å². The predicted octanol–water partition coefficient (Wildman–Crippen LogP) is 3.59. The van der Waals surface area contributed by atoms with Gasteiger partial charge in [-0.25, -0.2) is 9.38 Å². The van der Waals surface area contributed by atoms with Crippen molar-refractivity contribution in [3.63, 3.8) is 0 Å². The summed E-state index contributed by atoms with van der Waals surface area (Å²) in [6.45, 7) is 2.24. The highest BCUT2D eigenvalue weighted by molar-refractivity contribution is 8.13. The highest BCUT2D eigenvalue weighted by Crippen LogP contribution is 2.48. The molecule has 2 aliphatic heterocycles. The van der Waals surface area contributed by atoms with Crippen molar-refractivity contribution in [1.82, 2.24) is 4.98 Å². The summed E-state index contributed by atoms with van der Waals surface area (Å²) in [5.74, 6) is 0.199. The van der Waals surface area contributed by atoms with Crippen molar-refractivity contribution >= 4 is 34.3 Å². The number of halogens is 2. The van der Waals surface area contributed by atoms with Crippen molar-refractivity contribution in [2.75, 3.05) is 12.4 Å². The first-order valence-electron chi connectivity index (χ1n) is 8.92. The van der Waals surface area contributed by atoms with Crippen LogP contribution in [0.15, 0.2) is 41.5 Å². The fourth-order valence-electron chi connectivity index (χ4n) is 3.83. The van der Waals surface area contributed by atoms with E-state index in [1.165, 1.54) is 24.0 Å². The van der Waals surface area contributed by atoms with Crippen LogP contribution in [-0.4, -0.2) is 34.4 Å². The molecule has 3 atom stereocenters. The summed E-state index contributed by atoms with van der Waals surface area (Å²) < 4.78 is 20.7. The van der Waals surface area contributed by atoms with E-state index in [1.54, 1.807) is 24.3 Å². The minimum atomic E-state index is -0.851. The third-order valence-electron chi connectivity index (χ3n) is 5.34. The van der Waals surface area contributed by atoms with E-state index in [2.05, 4.69) is 9.98 Å². The number of hydrogen-bond donors (Lipinski definition) is 1. The smallest absolute Gasteiger partial charge is 0.185 e. The van der Waals surface area contributed by atoms with Gasteiger partial charge in [0.15, 0.2) is 11.0 Å². The number of rotatable bonds is 4. The van der Waals surface area contributed by atoms with E-state index in [-0.39, 0.29) is 36.7 Å². The molecule has 0 amide bonds. The number of pyridine rings is 1. The van der Waals surface area contributed by atoms with Crippen molar-refractivity contribution in [2.45, 2.75) is 25.0 Å². The maximum Gasteiger partial charge on any atom is 0.185 e. The SMILES string of the molecule is C[C@H]1OC[C@]2(c3cc(CC(=O)c4ccc(Cl)cn4)ccc3F)N=C(N)SC[C@H]12. The number of ether oxygens (including phenoxy) is 1. The van der Waals surface area contributed by atoms with Gasteiger partial charge in [0.2, 0.25) is 0 Å². The molecule has 1 aromatic heterocycles. The molecule has 146 valence electrons. The predicted molar refractivity (Wildman–Crippen MR) is 108 cm³/mol. The molecular weight excluding hydrogens is 401 g/mol. The Hall–Kier alpha value is -1.96. The number of carbonyl (C=O) groups excluding carboxylic acids is 1. The molecule has 2 aromatic rings. The molecule has 2 aliphatic rings. The highest BCUT2D eigenvalue weighted by Gasteiger charge is 2.52. The molecule has 0 saturated carbocycles. The lowest BCUT2D eigenvalue weighted by Crippen LogP contribution is -2.41. The number of nitrogens with zero attached hydrogens (tertiary/aromatic N) is 2. The van der Waals surface area contributed by atoms with Crippen molar-refractivity contribution in [3.05, 3.63) is 64.2 Å². The average molecular weight is 420 g/mol. The summed E-state index contributed by atoms with van der Waals surface area (Å²) in [5.41, 5.74) is 6.57. The molecule has 0 unspecified atom stereocenters. The quantitative estimate of drug-likeness (QED) is 0.766. The Morgan fingerprint density at radius 3 is 3.00 bits per heavy atom. The van der Waals surface area contributed by atoms with Crippen molar-refractivity contribution in [2.24, 2.45) is 16.6 Å². The number of ketones is 1. The fourth-order valence-corrected chi connectivity index (χ4v) is 5.07. The second-order valence-electron chi connectivity index (χ2n) is 7.08. The number of Topliss-reactive ketones (excluding diaryl/α,β-unsaturated/α-hetero) is 1. The highest BCUT2D eigenvalue weighted by atomic mass is 35.5. The first kappa shape index (κ1) is 19.4. The zero-order valence-electron chi connectivity index (χ0n) is 15.2. The Labute approximate surface area is 171 Å². The van der Waals surface area contributed by atoms with E-state index in [0.29, 0.717) is 32.8 Å². The van der Waals surface area contributed by atoms with Crippen LogP contribution in [0.25, 0.3) is 0 Å². The minimum Gasteiger partial charge on any atom is -0.379 e. The lowest BCUT2D eigenvalue weighted by molar-refractivity contribution is 0.0988. The van der Waals surface area contributed by atoms with Crippen LogP contribution >= 0.6 is 23.4 Å². The number of nitrogens with two attached hydrogens (primary N) is 1. The Kier molecular flexibility index (Phi) is 5.16. The van der Waals surface area contributed by atoms with Crippen LogP contribution < -0.4 is 5.73 Å². The van der Waals surface area contributed by atoms with Crippen LogP contribution in [0, 0.1) is 11.7 Å². The van der Waals surface area contributed by atoms with Gasteiger partial charge in [0, 0.05) is 29.9 Å². The van der Waals surface area contributed by atoms with Gasteiger partial charge in [-0.15, -0.1) is 0 Å². The van der Waals surface area contributed by atoms with Gasteiger partial charge >= 0.3 is 0 Å². The van der Waals surface area contributed by atoms with Crippen molar-refractivity contribution in [3.8, 4) is 0 Å². The first-order chi connectivity index (χ1) is 13.4. The summed E-state index contributed by atoms with van der Waals surface area (Å²) in [5, 5.41) is 0.895. The van der Waals surface area contributed by atoms with Gasteiger partial charge in [-0.1, -0.05) is 29.4 Å². The number of aliphatic imine (C=N–C) groups is 1. The third-order valence-corrected chi connectivity index (χ3v) is 6.48. The van der Waals surface area contributed by atoms with Crippen LogP contribution in [0.5, 0.6) is 0 Å². The van der Waals surface area contributed by atoms with Crippen LogP contribution in [0.1, 0.15) is 28.5 Å². The molecule has 1 aromatic carbocycles. The number of carbonyl (C=O) groups is 1. The van der Waals surface area contributed by atoms with E-state index in [1.807, 2.05) is 6.92 Å². The normalized spacial score (nSPS) is 26.6. The minimum absolute atomic E-state index is 0.0168. The molecule has 2 N–H and O–H groups in total. The van der Waals surface area contributed by atoms with Gasteiger partial charge in [-0.05, 0) is 36.8 Å². The zero-order chi connectivity index (χ0) is 19.9. The van der Waals surface area contributed by atoms with Crippen LogP contribution in [0.4, 0.5) is 4.39 Å². The summed E-state index contributed by atoms with van der Waals surface area (Å²) in [6.07, 6.45) is 1.49. The topological polar surface area (TPSA) is 77.6 Å². The number of benzene rings is 1. The number of amidine groups is 1. The summed E-state index contributed by atoms with van der Waals surface area (Å²) >= 11 is 7.29. The second kappa shape index (κ2) is 7.46. The largest absolute Gasteiger partial charge is 0.379 e. The van der Waals surface area contributed by atoms with Gasteiger partial charge in [0.25, 0.3) is 0 Å². The Morgan fingerprint density at radius 1 is 1.43 bits per heavy atom. The van der Waals surface area contributed by atoms with E-state index in [9.17, 15) is 9.18 Å². The van der Waals surface area contributed by atoms with Crippen molar-refractivity contribution in [1.29, 1.82) is 0 Å². The molecule has 1 fully saturated rings. The molecule has 28 heavy (non-hydrogen) atoms. The average Bonchev–Trinajstić information content (AvgIpc) is 3.00. The van der Waals surface area contributed by atoms with E-state index < -0.39 is 5.54 Å². The molecule has 5 nitrogen and oxygen atoms in total. The molecule has 3 heterocycles. The molecule has 8 heteroatoms. The molecule has 0 radical (unpaired) electrons. The standard InChI is InChI=1S/C20H19ClFN3O2S/c1-11-15-9-28-19(23)25-20(15,10-27-11)14-6-12(2-4-16(14)22)7-18(26)17-5-3-13(21)8-24-17/h2-6,8,11,15H,7,9-10H2,1H3,(H2,23,25)/t11-,15-,20-/m1/s1. The van der Waals surface area contributed by atoms with Crippen LogP contribution in [0.3, 0.4) is 0 Å². The number of fused-ring (bicyclic) bond motifs is 1. The molecule has 4 rings (SSSR count). The monoisotopic (exact) mass is 419 g/mol. The van der Waals surface area contributed by atoms with Gasteiger partial charge in [0.1, 0.15) is 17.1 Å². The Balaban J connectivity index is 1.68. The van der Waals surface area contributed by atoms with Crippen molar-refractivity contribution < 1.29 is 13.9 Å². The Morgan fingerprint density at radius 2 is 2.25 bits per heavy atom. The summed E-state index contributed by atoms with van der Waals surface area (Å²) in [4.78, 5) is 21.2. The van der Waals surface area contributed by atoms with Crippen LogP contribution in [0.2, 0.25) is 5.02 Å². The van der Waals surface area contributed by atoms with Gasteiger partial charge in [-0.2, -0.15) is 0 Å². The maximum absolute atomic E-state index is 14.9. The number of aromatic nitrogens is 1. The van der Waals surface area contributed by atoms with E-state index in [4.69, 9.17) is 22.1 Å². The number of hydrogen-bond acceptors (Lipinski definition) is 6. The van der Waals surface area contributed by atoms with Crippen LogP contribution in [-0.2, 0) is 16.7 Å². The molecule has 0 spiro atoms.